The topological polar surface area (TPSA) is 81.4 Å². The summed E-state index contributed by atoms with van der Waals surface area (Å²) in [5.41, 5.74) is 2.85. The number of carbonyl (C=O) groups excluding carboxylic acids is 1. The third-order valence-electron chi connectivity index (χ3n) is 4.71. The Hall–Kier alpha value is -3.85. The first-order valence-electron chi connectivity index (χ1n) is 9.14. The summed E-state index contributed by atoms with van der Waals surface area (Å²) in [4.78, 5) is 16.2. The summed E-state index contributed by atoms with van der Waals surface area (Å²) >= 11 is 0. The monoisotopic (exact) mass is 386 g/mol. The number of nitriles is 1. The van der Waals surface area contributed by atoms with Gasteiger partial charge in [-0.1, -0.05) is 12.1 Å². The summed E-state index contributed by atoms with van der Waals surface area (Å²) in [5, 5.41) is 9.07. The van der Waals surface area contributed by atoms with Gasteiger partial charge in [-0.3, -0.25) is 4.79 Å². The van der Waals surface area contributed by atoms with Crippen molar-refractivity contribution in [3.63, 3.8) is 0 Å². The maximum absolute atomic E-state index is 12.0. The summed E-state index contributed by atoms with van der Waals surface area (Å²) in [7, 11) is 1.56. The van der Waals surface area contributed by atoms with E-state index in [0.717, 1.165) is 11.1 Å². The van der Waals surface area contributed by atoms with E-state index in [0.29, 0.717) is 41.5 Å². The van der Waals surface area contributed by atoms with Crippen LogP contribution in [0, 0.1) is 11.3 Å². The third kappa shape index (κ3) is 3.90. The average Bonchev–Trinajstić information content (AvgIpc) is 2.78. The first-order chi connectivity index (χ1) is 14.2. The van der Waals surface area contributed by atoms with Crippen molar-refractivity contribution in [1.82, 2.24) is 4.98 Å². The predicted octanol–water partition coefficient (Wildman–Crippen LogP) is 4.10. The number of methoxy groups -OCH3 is 1. The number of nitrogens with zero attached hydrogens (tertiary/aromatic N) is 2. The van der Waals surface area contributed by atoms with Gasteiger partial charge in [-0.05, 0) is 35.9 Å². The molecule has 0 saturated heterocycles. The highest BCUT2D eigenvalue weighted by molar-refractivity contribution is 5.99. The van der Waals surface area contributed by atoms with Crippen LogP contribution in [0.2, 0.25) is 0 Å². The van der Waals surface area contributed by atoms with E-state index in [-0.39, 0.29) is 5.78 Å². The van der Waals surface area contributed by atoms with E-state index in [2.05, 4.69) is 11.1 Å². The normalized spacial score (nSPS) is 13.6. The Labute approximate surface area is 168 Å². The summed E-state index contributed by atoms with van der Waals surface area (Å²) in [5.74, 6) is 1.65. The zero-order valence-corrected chi connectivity index (χ0v) is 15.8. The van der Waals surface area contributed by atoms with Crippen LogP contribution in [0.1, 0.15) is 39.6 Å². The zero-order chi connectivity index (χ0) is 20.2. The van der Waals surface area contributed by atoms with Crippen molar-refractivity contribution >= 4 is 5.78 Å². The van der Waals surface area contributed by atoms with Gasteiger partial charge in [0.05, 0.1) is 30.9 Å². The third-order valence-corrected chi connectivity index (χ3v) is 4.71. The van der Waals surface area contributed by atoms with Crippen LogP contribution in [-0.2, 0) is 0 Å². The molecular weight excluding hydrogens is 368 g/mol. The molecule has 0 N–H and O–H groups in total. The minimum absolute atomic E-state index is 0.0697. The van der Waals surface area contributed by atoms with E-state index in [9.17, 15) is 4.79 Å². The number of Topliss-reactive ketones (excluding diaryl/α,β-unsaturated/α-hetero) is 1. The number of benzene rings is 2. The van der Waals surface area contributed by atoms with Crippen molar-refractivity contribution < 1.29 is 19.0 Å². The van der Waals surface area contributed by atoms with Crippen LogP contribution in [0.25, 0.3) is 0 Å². The van der Waals surface area contributed by atoms with Gasteiger partial charge in [0.15, 0.2) is 5.78 Å². The van der Waals surface area contributed by atoms with E-state index >= 15 is 0 Å². The van der Waals surface area contributed by atoms with Gasteiger partial charge in [0.1, 0.15) is 17.6 Å². The molecule has 0 fully saturated rings. The minimum atomic E-state index is -0.461. The molecule has 2 heterocycles. The quantitative estimate of drug-likeness (QED) is 0.657. The smallest absolute Gasteiger partial charge is 0.213 e. The second-order valence-electron chi connectivity index (χ2n) is 6.54. The number of hydrogen-bond acceptors (Lipinski definition) is 6. The molecule has 0 bridgehead atoms. The Kier molecular flexibility index (Phi) is 5.12. The molecule has 0 saturated carbocycles. The Balaban J connectivity index is 1.72. The summed E-state index contributed by atoms with van der Waals surface area (Å²) < 4.78 is 17.2. The standard InChI is InChI=1S/C23H18N2O4/c1-27-22-12-17(8-10-25-22)23(16-4-2-15(14-24)3-5-16)29-18-6-7-19-20(26)9-11-28-21(19)13-18/h2-8,10,12-13,23H,9,11H2,1H3. The fraction of sp³-hybridized carbons (Fsp3) is 0.174. The van der Waals surface area contributed by atoms with Gasteiger partial charge in [0, 0.05) is 30.3 Å². The highest BCUT2D eigenvalue weighted by Crippen LogP contribution is 2.34. The Morgan fingerprint density at radius 2 is 1.93 bits per heavy atom. The molecule has 1 aliphatic heterocycles. The van der Waals surface area contributed by atoms with Crippen LogP contribution in [0.3, 0.4) is 0 Å². The number of fused-ring (bicyclic) bond motifs is 1. The highest BCUT2D eigenvalue weighted by atomic mass is 16.5. The number of pyridine rings is 1. The molecule has 0 radical (unpaired) electrons. The molecule has 4 rings (SSSR count). The average molecular weight is 386 g/mol. The number of rotatable bonds is 5. The summed E-state index contributed by atoms with van der Waals surface area (Å²) in [6, 6.07) is 18.2. The van der Waals surface area contributed by atoms with Crippen molar-refractivity contribution in [1.29, 1.82) is 5.26 Å². The lowest BCUT2D eigenvalue weighted by Crippen LogP contribution is -2.15. The Bertz CT molecular complexity index is 1090. The van der Waals surface area contributed by atoms with Gasteiger partial charge in [0.2, 0.25) is 5.88 Å². The lowest BCUT2D eigenvalue weighted by Gasteiger charge is -2.22. The molecule has 6 heteroatoms. The second-order valence-corrected chi connectivity index (χ2v) is 6.54. The molecule has 0 amide bonds. The van der Waals surface area contributed by atoms with Gasteiger partial charge in [-0.15, -0.1) is 0 Å². The molecule has 6 nitrogen and oxygen atoms in total. The summed E-state index contributed by atoms with van der Waals surface area (Å²) in [6.07, 6.45) is 1.58. The van der Waals surface area contributed by atoms with E-state index in [1.54, 1.807) is 49.7 Å². The maximum Gasteiger partial charge on any atom is 0.213 e. The van der Waals surface area contributed by atoms with Crippen LogP contribution in [-0.4, -0.2) is 24.5 Å². The lowest BCUT2D eigenvalue weighted by atomic mass is 10.0. The predicted molar refractivity (Wildman–Crippen MR) is 105 cm³/mol. The largest absolute Gasteiger partial charge is 0.492 e. The summed E-state index contributed by atoms with van der Waals surface area (Å²) in [6.45, 7) is 0.371. The first kappa shape index (κ1) is 18.5. The van der Waals surface area contributed by atoms with Gasteiger partial charge in [0.25, 0.3) is 0 Å². The van der Waals surface area contributed by atoms with Crippen molar-refractivity contribution in [2.45, 2.75) is 12.5 Å². The van der Waals surface area contributed by atoms with Crippen LogP contribution in [0.4, 0.5) is 0 Å². The van der Waals surface area contributed by atoms with Gasteiger partial charge in [-0.25, -0.2) is 4.98 Å². The van der Waals surface area contributed by atoms with E-state index < -0.39 is 6.10 Å². The van der Waals surface area contributed by atoms with Crippen LogP contribution < -0.4 is 14.2 Å². The van der Waals surface area contributed by atoms with E-state index in [4.69, 9.17) is 19.5 Å². The SMILES string of the molecule is COc1cc(C(Oc2ccc3c(c2)OCCC3=O)c2ccc(C#N)cc2)ccn1. The number of aromatic nitrogens is 1. The van der Waals surface area contributed by atoms with E-state index in [1.807, 2.05) is 18.2 Å². The maximum atomic E-state index is 12.0. The van der Waals surface area contributed by atoms with Crippen LogP contribution >= 0.6 is 0 Å². The molecule has 0 spiro atoms. The van der Waals surface area contributed by atoms with Gasteiger partial charge in [-0.2, -0.15) is 5.26 Å². The van der Waals surface area contributed by atoms with Gasteiger partial charge < -0.3 is 14.2 Å². The molecule has 29 heavy (non-hydrogen) atoms. The lowest BCUT2D eigenvalue weighted by molar-refractivity contribution is 0.0933. The molecule has 144 valence electrons. The second kappa shape index (κ2) is 8.03. The molecule has 1 aromatic heterocycles. The number of ether oxygens (including phenoxy) is 3. The number of hydrogen-bond donors (Lipinski definition) is 0. The van der Waals surface area contributed by atoms with Crippen LogP contribution in [0.5, 0.6) is 17.4 Å². The van der Waals surface area contributed by atoms with Gasteiger partial charge >= 0.3 is 0 Å². The fourth-order valence-electron chi connectivity index (χ4n) is 3.21. The Morgan fingerprint density at radius 1 is 1.10 bits per heavy atom. The fourth-order valence-corrected chi connectivity index (χ4v) is 3.21. The molecule has 0 aliphatic carbocycles. The molecule has 2 aromatic carbocycles. The molecular formula is C23H18N2O4. The zero-order valence-electron chi connectivity index (χ0n) is 15.8. The highest BCUT2D eigenvalue weighted by Gasteiger charge is 2.22. The molecule has 1 atom stereocenters. The van der Waals surface area contributed by atoms with Crippen molar-refractivity contribution in [2.24, 2.45) is 0 Å². The molecule has 1 aliphatic rings. The van der Waals surface area contributed by atoms with Crippen molar-refractivity contribution in [2.75, 3.05) is 13.7 Å². The van der Waals surface area contributed by atoms with Crippen LogP contribution in [0.15, 0.2) is 60.8 Å². The molecule has 3 aromatic rings. The first-order valence-corrected chi connectivity index (χ1v) is 9.14. The molecule has 1 unspecified atom stereocenters. The number of ketones is 1. The number of carbonyl (C=O) groups is 1. The Morgan fingerprint density at radius 3 is 2.69 bits per heavy atom. The van der Waals surface area contributed by atoms with E-state index in [1.165, 1.54) is 0 Å². The minimum Gasteiger partial charge on any atom is -0.492 e. The van der Waals surface area contributed by atoms with Crippen molar-refractivity contribution in [3.05, 3.63) is 83.0 Å². The van der Waals surface area contributed by atoms with Crippen molar-refractivity contribution in [3.8, 4) is 23.4 Å².